The topological polar surface area (TPSA) is 58.5 Å². The molecule has 0 amide bonds. The highest BCUT2D eigenvalue weighted by molar-refractivity contribution is 5.51. The molecule has 0 bridgehead atoms. The molecule has 0 aliphatic carbocycles. The van der Waals surface area contributed by atoms with E-state index >= 15 is 0 Å². The first kappa shape index (κ1) is 19.0. The summed E-state index contributed by atoms with van der Waals surface area (Å²) >= 11 is 0. The van der Waals surface area contributed by atoms with Crippen molar-refractivity contribution in [3.63, 3.8) is 0 Å². The van der Waals surface area contributed by atoms with Crippen LogP contribution in [0.5, 0.6) is 0 Å². The van der Waals surface area contributed by atoms with Crippen LogP contribution in [-0.4, -0.2) is 65.6 Å². The van der Waals surface area contributed by atoms with E-state index in [1.807, 2.05) is 0 Å². The second-order valence-corrected chi connectivity index (χ2v) is 8.59. The van der Waals surface area contributed by atoms with Crippen molar-refractivity contribution in [1.29, 1.82) is 0 Å². The van der Waals surface area contributed by atoms with Crippen molar-refractivity contribution in [1.82, 2.24) is 25.0 Å². The highest BCUT2D eigenvalue weighted by Crippen LogP contribution is 2.29. The zero-order valence-corrected chi connectivity index (χ0v) is 17.4. The molecular weight excluding hydrogens is 364 g/mol. The van der Waals surface area contributed by atoms with E-state index in [4.69, 9.17) is 4.74 Å². The number of likely N-dealkylation sites (tertiary alicyclic amines) is 1. The Morgan fingerprint density at radius 2 is 2.03 bits per heavy atom. The molecule has 3 aliphatic rings. The molecule has 3 aliphatic heterocycles. The van der Waals surface area contributed by atoms with Crippen LogP contribution in [0.15, 0.2) is 18.2 Å². The minimum atomic E-state index is 0.496. The number of fused-ring (bicyclic) bond motifs is 1. The predicted octanol–water partition coefficient (Wildman–Crippen LogP) is 1.91. The minimum Gasteiger partial charge on any atom is -0.378 e. The van der Waals surface area contributed by atoms with Crippen LogP contribution in [0.4, 0.5) is 5.69 Å². The fraction of sp³-hybridized carbons (Fsp3) is 0.636. The van der Waals surface area contributed by atoms with Crippen molar-refractivity contribution < 1.29 is 4.74 Å². The summed E-state index contributed by atoms with van der Waals surface area (Å²) in [4.78, 5) is 5.04. The van der Waals surface area contributed by atoms with Gasteiger partial charge in [0.2, 0.25) is 0 Å². The number of rotatable bonds is 4. The Labute approximate surface area is 173 Å². The summed E-state index contributed by atoms with van der Waals surface area (Å²) in [6.07, 6.45) is 2.45. The number of nitrogens with one attached hydrogen (secondary N) is 1. The molecule has 156 valence electrons. The van der Waals surface area contributed by atoms with E-state index in [0.717, 1.165) is 64.9 Å². The Balaban J connectivity index is 1.26. The molecule has 7 nitrogen and oxygen atoms in total. The summed E-state index contributed by atoms with van der Waals surface area (Å²) in [6, 6.07) is 6.97. The van der Waals surface area contributed by atoms with E-state index < -0.39 is 0 Å². The Morgan fingerprint density at radius 3 is 2.90 bits per heavy atom. The van der Waals surface area contributed by atoms with Gasteiger partial charge in [-0.15, -0.1) is 10.2 Å². The van der Waals surface area contributed by atoms with E-state index in [1.54, 1.807) is 0 Å². The molecule has 5 rings (SSSR count). The van der Waals surface area contributed by atoms with Gasteiger partial charge in [0, 0.05) is 50.9 Å². The molecule has 2 aromatic rings. The Kier molecular flexibility index (Phi) is 5.52. The van der Waals surface area contributed by atoms with Gasteiger partial charge in [-0.2, -0.15) is 0 Å². The molecule has 0 radical (unpaired) electrons. The average Bonchev–Trinajstić information content (AvgIpc) is 3.20. The molecule has 1 aromatic carbocycles. The first-order valence-corrected chi connectivity index (χ1v) is 11.1. The van der Waals surface area contributed by atoms with Crippen molar-refractivity contribution in [3.8, 4) is 0 Å². The number of benzene rings is 1. The van der Waals surface area contributed by atoms with Gasteiger partial charge in [-0.25, -0.2) is 0 Å². The van der Waals surface area contributed by atoms with Crippen molar-refractivity contribution >= 4 is 5.69 Å². The van der Waals surface area contributed by atoms with Gasteiger partial charge in [-0.05, 0) is 49.6 Å². The fourth-order valence-corrected chi connectivity index (χ4v) is 4.94. The number of aryl methyl sites for hydroxylation is 1. The molecule has 4 heterocycles. The molecule has 2 saturated heterocycles. The third-order valence-corrected chi connectivity index (χ3v) is 6.62. The van der Waals surface area contributed by atoms with Gasteiger partial charge in [0.25, 0.3) is 0 Å². The second kappa shape index (κ2) is 8.42. The monoisotopic (exact) mass is 396 g/mol. The maximum atomic E-state index is 5.49. The lowest BCUT2D eigenvalue weighted by atomic mass is 9.96. The quantitative estimate of drug-likeness (QED) is 0.852. The number of piperidine rings is 1. The van der Waals surface area contributed by atoms with E-state index in [0.29, 0.717) is 5.92 Å². The van der Waals surface area contributed by atoms with Crippen LogP contribution in [0.2, 0.25) is 0 Å². The van der Waals surface area contributed by atoms with Gasteiger partial charge in [0.05, 0.1) is 19.8 Å². The number of hydrogen-bond donors (Lipinski definition) is 1. The van der Waals surface area contributed by atoms with Crippen LogP contribution in [-0.2, 0) is 24.4 Å². The third-order valence-electron chi connectivity index (χ3n) is 6.62. The Hall–Kier alpha value is -1.96. The summed E-state index contributed by atoms with van der Waals surface area (Å²) < 4.78 is 7.84. The van der Waals surface area contributed by atoms with E-state index in [-0.39, 0.29) is 0 Å². The van der Waals surface area contributed by atoms with Crippen molar-refractivity contribution in [2.45, 2.75) is 45.3 Å². The van der Waals surface area contributed by atoms with Gasteiger partial charge in [-0.3, -0.25) is 4.90 Å². The van der Waals surface area contributed by atoms with Gasteiger partial charge in [0.1, 0.15) is 11.6 Å². The summed E-state index contributed by atoms with van der Waals surface area (Å²) in [5.74, 6) is 2.79. The smallest absolute Gasteiger partial charge is 0.147 e. The molecular formula is C22H32N6O. The number of nitrogens with zero attached hydrogens (tertiary/aromatic N) is 5. The largest absolute Gasteiger partial charge is 0.378 e. The lowest BCUT2D eigenvalue weighted by Gasteiger charge is -2.33. The zero-order valence-electron chi connectivity index (χ0n) is 17.4. The molecule has 1 N–H and O–H groups in total. The van der Waals surface area contributed by atoms with Crippen molar-refractivity contribution in [2.24, 2.45) is 0 Å². The lowest BCUT2D eigenvalue weighted by Crippen LogP contribution is -2.37. The van der Waals surface area contributed by atoms with Crippen LogP contribution in [0.3, 0.4) is 0 Å². The first-order chi connectivity index (χ1) is 14.3. The third kappa shape index (κ3) is 4.04. The first-order valence-electron chi connectivity index (χ1n) is 11.1. The number of hydrogen-bond acceptors (Lipinski definition) is 6. The van der Waals surface area contributed by atoms with Gasteiger partial charge >= 0.3 is 0 Å². The van der Waals surface area contributed by atoms with E-state index in [9.17, 15) is 0 Å². The Bertz CT molecular complexity index is 844. The summed E-state index contributed by atoms with van der Waals surface area (Å²) in [5.41, 5.74) is 4.16. The van der Waals surface area contributed by atoms with Crippen molar-refractivity contribution in [3.05, 3.63) is 41.0 Å². The molecule has 1 unspecified atom stereocenters. The normalized spacial score (nSPS) is 23.2. The van der Waals surface area contributed by atoms with E-state index in [1.165, 1.54) is 42.0 Å². The maximum absolute atomic E-state index is 5.49. The summed E-state index contributed by atoms with van der Waals surface area (Å²) in [7, 11) is 0. The molecule has 1 aromatic heterocycles. The molecule has 0 spiro atoms. The zero-order chi connectivity index (χ0) is 19.6. The highest BCUT2D eigenvalue weighted by Gasteiger charge is 2.28. The molecule has 0 saturated carbocycles. The number of ether oxygens (including phenoxy) is 1. The SMILES string of the molecule is Cc1cc(N2CCOCC2)ccc1CN1CCCC(c2nnc3n2CCNC3)C1. The fourth-order valence-electron chi connectivity index (χ4n) is 4.94. The van der Waals surface area contributed by atoms with Crippen LogP contribution >= 0.6 is 0 Å². The van der Waals surface area contributed by atoms with Crippen LogP contribution in [0, 0.1) is 6.92 Å². The van der Waals surface area contributed by atoms with Gasteiger partial charge in [0.15, 0.2) is 0 Å². The van der Waals surface area contributed by atoms with Crippen LogP contribution < -0.4 is 10.2 Å². The Morgan fingerprint density at radius 1 is 1.14 bits per heavy atom. The van der Waals surface area contributed by atoms with Gasteiger partial charge in [-0.1, -0.05) is 6.07 Å². The van der Waals surface area contributed by atoms with Gasteiger partial charge < -0.3 is 19.5 Å². The van der Waals surface area contributed by atoms with Crippen LogP contribution in [0.1, 0.15) is 41.5 Å². The maximum Gasteiger partial charge on any atom is 0.147 e. The summed E-state index contributed by atoms with van der Waals surface area (Å²) in [6.45, 7) is 12.0. The highest BCUT2D eigenvalue weighted by atomic mass is 16.5. The second-order valence-electron chi connectivity index (χ2n) is 8.59. The number of anilines is 1. The van der Waals surface area contributed by atoms with E-state index in [2.05, 4.69) is 55.0 Å². The molecule has 29 heavy (non-hydrogen) atoms. The predicted molar refractivity (Wildman–Crippen MR) is 113 cm³/mol. The number of morpholine rings is 1. The van der Waals surface area contributed by atoms with Crippen molar-refractivity contribution in [2.75, 3.05) is 50.8 Å². The average molecular weight is 397 g/mol. The summed E-state index contributed by atoms with van der Waals surface area (Å²) in [5, 5.41) is 12.4. The standard InChI is InChI=1S/C22H32N6O/c1-17-13-20(27-9-11-29-12-10-27)5-4-18(17)15-26-7-2-3-19(16-26)22-25-24-21-14-23-6-8-28(21)22/h4-5,13,19,23H,2-3,6-12,14-16H2,1H3. The minimum absolute atomic E-state index is 0.496. The molecule has 1 atom stereocenters. The number of aromatic nitrogens is 3. The molecule has 2 fully saturated rings. The molecule has 7 heteroatoms. The van der Waals surface area contributed by atoms with Crippen LogP contribution in [0.25, 0.3) is 0 Å². The lowest BCUT2D eigenvalue weighted by molar-refractivity contribution is 0.122.